The minimum absolute atomic E-state index is 0.00335. The molecule has 1 rings (SSSR count). The van der Waals surface area contributed by atoms with Gasteiger partial charge in [-0.15, -0.1) is 0 Å². The summed E-state index contributed by atoms with van der Waals surface area (Å²) in [7, 11) is 0. The van der Waals surface area contributed by atoms with Gasteiger partial charge in [-0.05, 0) is 50.8 Å². The van der Waals surface area contributed by atoms with Crippen LogP contribution >= 0.6 is 0 Å². The summed E-state index contributed by atoms with van der Waals surface area (Å²) in [5, 5.41) is 0. The molecule has 0 aromatic heterocycles. The van der Waals surface area contributed by atoms with Crippen molar-refractivity contribution in [2.75, 3.05) is 26.4 Å². The van der Waals surface area contributed by atoms with Crippen molar-refractivity contribution in [3.63, 3.8) is 0 Å². The van der Waals surface area contributed by atoms with Gasteiger partial charge in [0.1, 0.15) is 18.8 Å². The molecular formula is C23H33NO11. The van der Waals surface area contributed by atoms with Gasteiger partial charge in [-0.25, -0.2) is 14.4 Å². The van der Waals surface area contributed by atoms with Crippen molar-refractivity contribution in [2.45, 2.75) is 53.2 Å². The van der Waals surface area contributed by atoms with Crippen LogP contribution < -0.4 is 15.2 Å². The molecule has 0 spiro atoms. The van der Waals surface area contributed by atoms with E-state index in [1.54, 1.807) is 13.8 Å². The van der Waals surface area contributed by atoms with Crippen LogP contribution in [-0.2, 0) is 34.9 Å². The Kier molecular flexibility index (Phi) is 13.0. The smallest absolute Gasteiger partial charge is 0.461 e. The minimum Gasteiger partial charge on any atom is -0.461 e. The summed E-state index contributed by atoms with van der Waals surface area (Å²) in [6, 6.07) is 3.17. The molecule has 0 heterocycles. The number of nitrogens with two attached hydrogens (primary N) is 1. The Bertz CT molecular complexity index is 856. The molecule has 0 aliphatic carbocycles. The maximum atomic E-state index is 12.3. The molecule has 0 radical (unpaired) electrons. The number of hydrogen-bond donors (Lipinski definition) is 1. The summed E-state index contributed by atoms with van der Waals surface area (Å²) in [6.45, 7) is 8.65. The Hall–Kier alpha value is -3.54. The lowest BCUT2D eigenvalue weighted by molar-refractivity contribution is -0.148. The zero-order valence-electron chi connectivity index (χ0n) is 20.6. The maximum Gasteiger partial charge on any atom is 0.513 e. The third-order valence-corrected chi connectivity index (χ3v) is 3.97. The lowest BCUT2D eigenvalue weighted by Crippen LogP contribution is -2.36. The normalized spacial score (nSPS) is 12.2. The second-order valence-corrected chi connectivity index (χ2v) is 7.68. The zero-order valence-corrected chi connectivity index (χ0v) is 20.6. The fourth-order valence-corrected chi connectivity index (χ4v) is 2.43. The van der Waals surface area contributed by atoms with Crippen molar-refractivity contribution in [2.24, 2.45) is 11.7 Å². The molecule has 12 nitrogen and oxygen atoms in total. The largest absolute Gasteiger partial charge is 0.513 e. The molecule has 0 bridgehead atoms. The second-order valence-electron chi connectivity index (χ2n) is 7.68. The topological polar surface area (TPSA) is 159 Å². The van der Waals surface area contributed by atoms with Crippen LogP contribution in [0.25, 0.3) is 0 Å². The van der Waals surface area contributed by atoms with E-state index in [0.717, 1.165) is 0 Å². The average molecular weight is 500 g/mol. The number of carbonyl (C=O) groups is 4. The molecule has 35 heavy (non-hydrogen) atoms. The molecule has 0 aliphatic heterocycles. The summed E-state index contributed by atoms with van der Waals surface area (Å²) >= 11 is 0. The monoisotopic (exact) mass is 499 g/mol. The molecule has 0 saturated carbocycles. The molecule has 196 valence electrons. The lowest BCUT2D eigenvalue weighted by Gasteiger charge is -2.17. The van der Waals surface area contributed by atoms with Gasteiger partial charge in [-0.2, -0.15) is 0 Å². The maximum absolute atomic E-state index is 12.3. The quantitative estimate of drug-likeness (QED) is 0.254. The van der Waals surface area contributed by atoms with E-state index in [1.807, 2.05) is 13.8 Å². The Labute approximate surface area is 203 Å². The van der Waals surface area contributed by atoms with Crippen molar-refractivity contribution in [3.05, 3.63) is 23.8 Å². The van der Waals surface area contributed by atoms with E-state index in [4.69, 9.17) is 38.9 Å². The molecule has 0 saturated heterocycles. The van der Waals surface area contributed by atoms with Crippen molar-refractivity contribution in [3.8, 4) is 11.5 Å². The van der Waals surface area contributed by atoms with Crippen molar-refractivity contribution >= 4 is 24.4 Å². The molecule has 0 amide bonds. The fraction of sp³-hybridized carbons (Fsp3) is 0.565. The Morgan fingerprint density at radius 1 is 0.800 bits per heavy atom. The molecule has 2 atom stereocenters. The summed E-state index contributed by atoms with van der Waals surface area (Å²) < 4.78 is 34.6. The predicted octanol–water partition coefficient (Wildman–Crippen LogP) is 3.37. The SMILES string of the molecule is CCOC(=O)Oc1ccc(C[C@H](N)C(=O)OC[C@H](C)OC(=O)OCC(C)C)cc1OC(=O)OCC. The molecular weight excluding hydrogens is 466 g/mol. The minimum atomic E-state index is -1.08. The van der Waals surface area contributed by atoms with Gasteiger partial charge in [0.25, 0.3) is 0 Å². The number of esters is 1. The number of carbonyl (C=O) groups excluding carboxylic acids is 4. The van der Waals surface area contributed by atoms with E-state index < -0.39 is 36.6 Å². The number of rotatable bonds is 12. The third-order valence-electron chi connectivity index (χ3n) is 3.97. The third kappa shape index (κ3) is 11.9. The van der Waals surface area contributed by atoms with Crippen LogP contribution in [0, 0.1) is 5.92 Å². The standard InChI is InChI=1S/C23H33NO11/c1-6-29-21(26)34-18-9-8-16(11-19(18)35-22(27)30-7-2)10-17(24)20(25)31-13-15(5)33-23(28)32-12-14(3)4/h8-9,11,14-15,17H,6-7,10,12-13,24H2,1-5H3/t15-,17-/m0/s1. The summed E-state index contributed by atoms with van der Waals surface area (Å²) in [4.78, 5) is 47.2. The van der Waals surface area contributed by atoms with Gasteiger partial charge in [0.05, 0.1) is 19.8 Å². The van der Waals surface area contributed by atoms with Crippen LogP contribution in [0.4, 0.5) is 14.4 Å². The van der Waals surface area contributed by atoms with Gasteiger partial charge in [0.15, 0.2) is 11.5 Å². The Morgan fingerprint density at radius 3 is 1.97 bits per heavy atom. The van der Waals surface area contributed by atoms with Gasteiger partial charge in [-0.1, -0.05) is 19.9 Å². The highest BCUT2D eigenvalue weighted by Gasteiger charge is 2.21. The van der Waals surface area contributed by atoms with Crippen LogP contribution in [0.2, 0.25) is 0 Å². The van der Waals surface area contributed by atoms with Gasteiger partial charge in [-0.3, -0.25) is 4.79 Å². The van der Waals surface area contributed by atoms with Gasteiger partial charge < -0.3 is 38.9 Å². The van der Waals surface area contributed by atoms with Crippen molar-refractivity contribution in [1.29, 1.82) is 0 Å². The predicted molar refractivity (Wildman–Crippen MR) is 121 cm³/mol. The molecule has 0 fully saturated rings. The highest BCUT2D eigenvalue weighted by Crippen LogP contribution is 2.30. The zero-order chi connectivity index (χ0) is 26.4. The van der Waals surface area contributed by atoms with E-state index in [0.29, 0.717) is 5.56 Å². The van der Waals surface area contributed by atoms with E-state index in [2.05, 4.69) is 0 Å². The second kappa shape index (κ2) is 15.4. The van der Waals surface area contributed by atoms with E-state index in [9.17, 15) is 19.2 Å². The van der Waals surface area contributed by atoms with Crippen LogP contribution in [-0.4, -0.2) is 63.0 Å². The Morgan fingerprint density at radius 2 is 1.40 bits per heavy atom. The first-order valence-electron chi connectivity index (χ1n) is 11.1. The number of ether oxygens (including phenoxy) is 7. The number of benzene rings is 1. The first-order chi connectivity index (χ1) is 16.5. The van der Waals surface area contributed by atoms with Crippen LogP contribution in [0.5, 0.6) is 11.5 Å². The highest BCUT2D eigenvalue weighted by atomic mass is 16.7. The summed E-state index contributed by atoms with van der Waals surface area (Å²) in [5.74, 6) is -0.804. The average Bonchev–Trinajstić information content (AvgIpc) is 2.78. The van der Waals surface area contributed by atoms with Crippen LogP contribution in [0.3, 0.4) is 0 Å². The molecule has 0 unspecified atom stereocenters. The summed E-state index contributed by atoms with van der Waals surface area (Å²) in [5.41, 5.74) is 6.41. The molecule has 1 aromatic rings. The van der Waals surface area contributed by atoms with E-state index in [1.165, 1.54) is 25.1 Å². The van der Waals surface area contributed by atoms with Gasteiger partial charge >= 0.3 is 24.4 Å². The van der Waals surface area contributed by atoms with Gasteiger partial charge in [0.2, 0.25) is 0 Å². The van der Waals surface area contributed by atoms with Crippen LogP contribution in [0.1, 0.15) is 40.2 Å². The van der Waals surface area contributed by atoms with E-state index in [-0.39, 0.29) is 50.3 Å². The summed E-state index contributed by atoms with van der Waals surface area (Å²) in [6.07, 6.45) is -3.59. The molecule has 12 heteroatoms. The number of hydrogen-bond acceptors (Lipinski definition) is 12. The Balaban J connectivity index is 2.74. The lowest BCUT2D eigenvalue weighted by atomic mass is 10.1. The highest BCUT2D eigenvalue weighted by molar-refractivity contribution is 5.76. The van der Waals surface area contributed by atoms with Crippen molar-refractivity contribution < 1.29 is 52.3 Å². The molecule has 2 N–H and O–H groups in total. The van der Waals surface area contributed by atoms with Crippen molar-refractivity contribution in [1.82, 2.24) is 0 Å². The fourth-order valence-electron chi connectivity index (χ4n) is 2.43. The van der Waals surface area contributed by atoms with Crippen LogP contribution in [0.15, 0.2) is 18.2 Å². The van der Waals surface area contributed by atoms with E-state index >= 15 is 0 Å². The molecule has 1 aromatic carbocycles. The first kappa shape index (κ1) is 29.5. The van der Waals surface area contributed by atoms with Gasteiger partial charge in [0, 0.05) is 0 Å². The molecule has 0 aliphatic rings. The first-order valence-corrected chi connectivity index (χ1v) is 11.1.